The zero-order valence-corrected chi connectivity index (χ0v) is 5.83. The molecule has 12 heavy (non-hydrogen) atoms. The Labute approximate surface area is 65.8 Å². The Bertz CT molecular complexity index is 284. The van der Waals surface area contributed by atoms with Crippen molar-refractivity contribution in [3.8, 4) is 0 Å². The maximum atomic E-state index is 11.8. The van der Waals surface area contributed by atoms with Crippen LogP contribution in [0.2, 0.25) is 0 Å². The molecule has 1 heterocycles. The third-order valence-corrected chi connectivity index (χ3v) is 1.22. The molecule has 1 aromatic rings. The van der Waals surface area contributed by atoms with Crippen molar-refractivity contribution >= 4 is 5.97 Å². The topological polar surface area (TPSA) is 63.3 Å². The van der Waals surface area contributed by atoms with Crippen molar-refractivity contribution in [1.29, 1.82) is 0 Å². The van der Waals surface area contributed by atoms with Crippen LogP contribution in [-0.4, -0.2) is 22.7 Å². The molecule has 6 heteroatoms. The van der Waals surface area contributed by atoms with Crippen LogP contribution in [0, 0.1) is 0 Å². The number of hydrogen-bond donors (Lipinski definition) is 1. The number of carboxylic acids is 1. The molecular formula is C6H5F2NO3. The predicted octanol–water partition coefficient (Wildman–Crippen LogP) is 1.18. The minimum atomic E-state index is -2.62. The van der Waals surface area contributed by atoms with Gasteiger partial charge in [-0.15, -0.1) is 0 Å². The Morgan fingerprint density at radius 2 is 2.42 bits per heavy atom. The lowest BCUT2D eigenvalue weighted by atomic mass is 10.2. The highest BCUT2D eigenvalue weighted by Crippen LogP contribution is 2.11. The first-order chi connectivity index (χ1) is 5.61. The summed E-state index contributed by atoms with van der Waals surface area (Å²) in [4.78, 5) is 10.3. The van der Waals surface area contributed by atoms with E-state index in [1.807, 2.05) is 0 Å². The molecule has 1 rings (SSSR count). The van der Waals surface area contributed by atoms with Crippen LogP contribution in [0.3, 0.4) is 0 Å². The van der Waals surface area contributed by atoms with Crippen LogP contribution in [0.5, 0.6) is 0 Å². The summed E-state index contributed by atoms with van der Waals surface area (Å²) in [5.74, 6) is -1.31. The molecule has 0 aliphatic rings. The van der Waals surface area contributed by atoms with Crippen molar-refractivity contribution in [2.24, 2.45) is 0 Å². The van der Waals surface area contributed by atoms with Gasteiger partial charge in [0, 0.05) is 0 Å². The molecule has 0 atom stereocenters. The average molecular weight is 177 g/mol. The molecule has 0 bridgehead atoms. The van der Waals surface area contributed by atoms with Gasteiger partial charge in [-0.3, -0.25) is 0 Å². The van der Waals surface area contributed by atoms with E-state index in [2.05, 4.69) is 9.68 Å². The largest absolute Gasteiger partial charge is 0.478 e. The number of aromatic carboxylic acids is 1. The third kappa shape index (κ3) is 1.77. The molecule has 0 saturated carbocycles. The van der Waals surface area contributed by atoms with Crippen molar-refractivity contribution in [3.63, 3.8) is 0 Å². The predicted molar refractivity (Wildman–Crippen MR) is 33.2 cm³/mol. The number of halogens is 2. The van der Waals surface area contributed by atoms with E-state index in [0.29, 0.717) is 0 Å². The highest BCUT2D eigenvalue weighted by Gasteiger charge is 2.17. The number of aromatic nitrogens is 1. The van der Waals surface area contributed by atoms with Crippen LogP contribution in [0.15, 0.2) is 10.8 Å². The highest BCUT2D eigenvalue weighted by atomic mass is 19.3. The van der Waals surface area contributed by atoms with Gasteiger partial charge < -0.3 is 9.63 Å². The first kappa shape index (κ1) is 8.63. The van der Waals surface area contributed by atoms with Crippen LogP contribution in [-0.2, 0) is 6.42 Å². The summed E-state index contributed by atoms with van der Waals surface area (Å²) in [5, 5.41) is 11.6. The SMILES string of the molecule is O=C(O)c1conc1CC(F)F. The lowest BCUT2D eigenvalue weighted by molar-refractivity contribution is 0.0694. The fourth-order valence-electron chi connectivity index (χ4n) is 0.727. The van der Waals surface area contributed by atoms with Crippen molar-refractivity contribution in [2.75, 3.05) is 0 Å². The van der Waals surface area contributed by atoms with Gasteiger partial charge in [0.25, 0.3) is 0 Å². The van der Waals surface area contributed by atoms with Crippen molar-refractivity contribution < 1.29 is 23.2 Å². The normalized spacial score (nSPS) is 10.6. The molecule has 0 saturated heterocycles. The highest BCUT2D eigenvalue weighted by molar-refractivity contribution is 5.88. The zero-order valence-electron chi connectivity index (χ0n) is 5.83. The van der Waals surface area contributed by atoms with E-state index in [4.69, 9.17) is 5.11 Å². The minimum Gasteiger partial charge on any atom is -0.478 e. The van der Waals surface area contributed by atoms with E-state index >= 15 is 0 Å². The number of carboxylic acid groups (broad SMARTS) is 1. The molecule has 0 aromatic carbocycles. The number of hydrogen-bond acceptors (Lipinski definition) is 3. The van der Waals surface area contributed by atoms with Crippen molar-refractivity contribution in [1.82, 2.24) is 5.16 Å². The molecule has 0 amide bonds. The summed E-state index contributed by atoms with van der Waals surface area (Å²) in [6.45, 7) is 0. The van der Waals surface area contributed by atoms with E-state index in [1.165, 1.54) is 0 Å². The third-order valence-electron chi connectivity index (χ3n) is 1.22. The fraction of sp³-hybridized carbons (Fsp3) is 0.333. The Balaban J connectivity index is 2.84. The lowest BCUT2D eigenvalue weighted by Gasteiger charge is -1.94. The van der Waals surface area contributed by atoms with Gasteiger partial charge in [0.1, 0.15) is 17.5 Å². The summed E-state index contributed by atoms with van der Waals surface area (Å²) in [7, 11) is 0. The first-order valence-corrected chi connectivity index (χ1v) is 3.06. The molecule has 1 N–H and O–H groups in total. The van der Waals surface area contributed by atoms with Gasteiger partial charge in [-0.2, -0.15) is 0 Å². The molecule has 0 aliphatic heterocycles. The second kappa shape index (κ2) is 3.29. The number of rotatable bonds is 3. The monoisotopic (exact) mass is 177 g/mol. The summed E-state index contributed by atoms with van der Waals surface area (Å²) >= 11 is 0. The fourth-order valence-corrected chi connectivity index (χ4v) is 0.727. The van der Waals surface area contributed by atoms with Crippen LogP contribution in [0.1, 0.15) is 16.1 Å². The molecule has 1 aromatic heterocycles. The summed E-state index contributed by atoms with van der Waals surface area (Å²) < 4.78 is 27.8. The first-order valence-electron chi connectivity index (χ1n) is 3.06. The zero-order chi connectivity index (χ0) is 9.14. The molecular weight excluding hydrogens is 172 g/mol. The van der Waals surface area contributed by atoms with Gasteiger partial charge in [-0.1, -0.05) is 5.16 Å². The van der Waals surface area contributed by atoms with Gasteiger partial charge in [-0.25, -0.2) is 13.6 Å². The van der Waals surface area contributed by atoms with Gasteiger partial charge in [0.2, 0.25) is 6.43 Å². The van der Waals surface area contributed by atoms with E-state index < -0.39 is 18.8 Å². The van der Waals surface area contributed by atoms with Gasteiger partial charge in [-0.05, 0) is 0 Å². The van der Waals surface area contributed by atoms with Gasteiger partial charge >= 0.3 is 5.97 Å². The number of alkyl halides is 2. The Morgan fingerprint density at radius 1 is 1.75 bits per heavy atom. The molecule has 66 valence electrons. The summed E-state index contributed by atoms with van der Waals surface area (Å²) in [5.41, 5.74) is -0.534. The van der Waals surface area contributed by atoms with E-state index in [0.717, 1.165) is 6.26 Å². The second-order valence-corrected chi connectivity index (χ2v) is 2.08. The maximum absolute atomic E-state index is 11.8. The standard InChI is InChI=1S/C6H5F2NO3/c7-5(8)1-4-3(6(10)11)2-12-9-4/h2,5H,1H2,(H,10,11). The van der Waals surface area contributed by atoms with Gasteiger partial charge in [0.15, 0.2) is 0 Å². The maximum Gasteiger partial charge on any atom is 0.340 e. The molecule has 0 unspecified atom stereocenters. The van der Waals surface area contributed by atoms with Gasteiger partial charge in [0.05, 0.1) is 6.42 Å². The molecule has 0 radical (unpaired) electrons. The molecule has 4 nitrogen and oxygen atoms in total. The Morgan fingerprint density at radius 3 is 2.92 bits per heavy atom. The van der Waals surface area contributed by atoms with Crippen molar-refractivity contribution in [3.05, 3.63) is 17.5 Å². The molecule has 0 aliphatic carbocycles. The summed E-state index contributed by atoms with van der Waals surface area (Å²) in [6.07, 6.45) is -2.48. The molecule has 0 fully saturated rings. The quantitative estimate of drug-likeness (QED) is 0.752. The van der Waals surface area contributed by atoms with Crippen LogP contribution in [0.25, 0.3) is 0 Å². The van der Waals surface area contributed by atoms with Crippen molar-refractivity contribution in [2.45, 2.75) is 12.8 Å². The average Bonchev–Trinajstić information content (AvgIpc) is 2.33. The van der Waals surface area contributed by atoms with E-state index in [9.17, 15) is 13.6 Å². The van der Waals surface area contributed by atoms with E-state index in [1.54, 1.807) is 0 Å². The second-order valence-electron chi connectivity index (χ2n) is 2.08. The Kier molecular flexibility index (Phi) is 2.37. The smallest absolute Gasteiger partial charge is 0.340 e. The minimum absolute atomic E-state index is 0.225. The van der Waals surface area contributed by atoms with E-state index in [-0.39, 0.29) is 11.3 Å². The lowest BCUT2D eigenvalue weighted by Crippen LogP contribution is -2.04. The number of nitrogens with zero attached hydrogens (tertiary/aromatic N) is 1. The van der Waals surface area contributed by atoms with Crippen LogP contribution < -0.4 is 0 Å². The Hall–Kier alpha value is -1.46. The van der Waals surface area contributed by atoms with Crippen LogP contribution in [0.4, 0.5) is 8.78 Å². The number of carbonyl (C=O) groups is 1. The molecule has 0 spiro atoms. The van der Waals surface area contributed by atoms with Crippen LogP contribution >= 0.6 is 0 Å². The summed E-state index contributed by atoms with van der Waals surface area (Å²) in [6, 6.07) is 0.